The largest absolute Gasteiger partial charge is 0.481 e. The first-order chi connectivity index (χ1) is 25.8. The van der Waals surface area contributed by atoms with Crippen molar-refractivity contribution < 1.29 is 29.0 Å². The minimum atomic E-state index is -0.714. The zero-order valence-corrected chi connectivity index (χ0v) is 31.1. The van der Waals surface area contributed by atoms with Gasteiger partial charge in [-0.25, -0.2) is 4.39 Å². The lowest BCUT2D eigenvalue weighted by Gasteiger charge is -2.21. The molecular weight excluding hydrogens is 675 g/mol. The van der Waals surface area contributed by atoms with Crippen LogP contribution in [0, 0.1) is 5.82 Å². The number of allylic oxidation sites excluding steroid dienone is 2. The molecule has 53 heavy (non-hydrogen) atoms. The average molecular weight is 733 g/mol. The summed E-state index contributed by atoms with van der Waals surface area (Å²) in [6.07, 6.45) is 22.2. The molecule has 1 aliphatic rings. The highest BCUT2D eigenvalue weighted by Crippen LogP contribution is 2.24. The van der Waals surface area contributed by atoms with Crippen LogP contribution in [0.3, 0.4) is 0 Å². The van der Waals surface area contributed by atoms with E-state index in [2.05, 4.69) is 17.5 Å². The number of pyridine rings is 2. The molecule has 1 aliphatic heterocycles. The number of rotatable bonds is 25. The number of carboxylic acids is 1. The number of nitrogens with one attached hydrogen (secondary N) is 1. The van der Waals surface area contributed by atoms with E-state index in [1.807, 2.05) is 6.07 Å². The van der Waals surface area contributed by atoms with Crippen molar-refractivity contribution in [2.45, 2.75) is 122 Å². The third-order valence-corrected chi connectivity index (χ3v) is 9.95. The number of aromatic nitrogens is 2. The third kappa shape index (κ3) is 13.5. The van der Waals surface area contributed by atoms with Crippen LogP contribution in [0.1, 0.15) is 130 Å². The number of carbonyl (C=O) groups excluding carboxylic acids is 2. The second-order valence-electron chi connectivity index (χ2n) is 14.1. The molecule has 0 saturated carbocycles. The molecule has 0 spiro atoms. The van der Waals surface area contributed by atoms with Gasteiger partial charge in [0.05, 0.1) is 17.6 Å². The van der Waals surface area contributed by atoms with E-state index < -0.39 is 17.4 Å². The maximum Gasteiger partial charge on any atom is 0.303 e. The van der Waals surface area contributed by atoms with E-state index in [4.69, 9.17) is 10.1 Å². The summed E-state index contributed by atoms with van der Waals surface area (Å²) in [6, 6.07) is 8.21. The van der Waals surface area contributed by atoms with E-state index in [1.165, 1.54) is 12.1 Å². The Bertz CT molecular complexity index is 1720. The minimum Gasteiger partial charge on any atom is -0.481 e. The molecule has 0 radical (unpaired) electrons. The van der Waals surface area contributed by atoms with Crippen molar-refractivity contribution in [3.8, 4) is 0 Å². The molecule has 10 nitrogen and oxygen atoms in total. The van der Waals surface area contributed by atoms with E-state index in [-0.39, 0.29) is 43.4 Å². The molecule has 1 saturated heterocycles. The van der Waals surface area contributed by atoms with Gasteiger partial charge in [-0.2, -0.15) is 0 Å². The fourth-order valence-corrected chi connectivity index (χ4v) is 7.05. The molecule has 0 bridgehead atoms. The van der Waals surface area contributed by atoms with E-state index in [0.29, 0.717) is 48.9 Å². The predicted molar refractivity (Wildman–Crippen MR) is 206 cm³/mol. The van der Waals surface area contributed by atoms with Crippen molar-refractivity contribution in [1.82, 2.24) is 19.8 Å². The van der Waals surface area contributed by atoms with E-state index in [9.17, 15) is 28.7 Å². The van der Waals surface area contributed by atoms with Gasteiger partial charge in [-0.05, 0) is 92.7 Å². The average Bonchev–Trinajstić information content (AvgIpc) is 3.56. The van der Waals surface area contributed by atoms with Crippen LogP contribution in [0.2, 0.25) is 0 Å². The Morgan fingerprint density at radius 2 is 1.53 bits per heavy atom. The molecule has 3 aromatic rings. The van der Waals surface area contributed by atoms with E-state index in [1.54, 1.807) is 27.8 Å². The maximum atomic E-state index is 14.2. The van der Waals surface area contributed by atoms with Crippen LogP contribution < -0.4 is 10.9 Å². The number of fused-ring (bicyclic) bond motifs is 1. The monoisotopic (exact) mass is 732 g/mol. The lowest BCUT2D eigenvalue weighted by molar-refractivity contribution is -0.137. The number of aliphatic carboxylic acids is 1. The summed E-state index contributed by atoms with van der Waals surface area (Å²) in [7, 11) is 0. The van der Waals surface area contributed by atoms with E-state index >= 15 is 0 Å². The van der Waals surface area contributed by atoms with Gasteiger partial charge in [-0.3, -0.25) is 24.2 Å². The molecule has 4 rings (SSSR count). The predicted octanol–water partition coefficient (Wildman–Crippen LogP) is 7.12. The smallest absolute Gasteiger partial charge is 0.303 e. The van der Waals surface area contributed by atoms with Gasteiger partial charge in [0.2, 0.25) is 5.91 Å². The highest BCUT2D eigenvalue weighted by molar-refractivity contribution is 5.99. The Morgan fingerprint density at radius 1 is 0.868 bits per heavy atom. The van der Waals surface area contributed by atoms with Crippen LogP contribution >= 0.6 is 0 Å². The summed E-state index contributed by atoms with van der Waals surface area (Å²) >= 11 is 0. The molecule has 1 aromatic carbocycles. The zero-order valence-electron chi connectivity index (χ0n) is 31.1. The maximum absolute atomic E-state index is 14.2. The Hall–Kier alpha value is -4.38. The van der Waals surface area contributed by atoms with Gasteiger partial charge in [-0.15, -0.1) is 0 Å². The molecule has 0 atom stereocenters. The van der Waals surface area contributed by atoms with Crippen molar-refractivity contribution in [2.24, 2.45) is 0 Å². The van der Waals surface area contributed by atoms with Crippen molar-refractivity contribution >= 4 is 28.8 Å². The minimum absolute atomic E-state index is 0.0213. The van der Waals surface area contributed by atoms with Crippen LogP contribution in [-0.2, 0) is 29.0 Å². The number of aryl methyl sites for hydroxylation is 1. The number of unbranched alkanes of at least 4 members (excludes halogenated alkanes) is 11. The molecule has 3 heterocycles. The van der Waals surface area contributed by atoms with Gasteiger partial charge in [0.25, 0.3) is 11.5 Å². The van der Waals surface area contributed by atoms with Crippen molar-refractivity contribution in [3.63, 3.8) is 0 Å². The fraction of sp³-hybridized carbons (Fsp3) is 0.548. The molecule has 2 amide bonds. The Morgan fingerprint density at radius 3 is 2.17 bits per heavy atom. The van der Waals surface area contributed by atoms with Gasteiger partial charge in [0, 0.05) is 45.2 Å². The number of carboxylic acid groups (broad SMARTS) is 1. The summed E-state index contributed by atoms with van der Waals surface area (Å²) in [6.45, 7) is 0.971. The van der Waals surface area contributed by atoms with Gasteiger partial charge >= 0.3 is 5.97 Å². The highest BCUT2D eigenvalue weighted by Gasteiger charge is 2.25. The second kappa shape index (κ2) is 22.6. The number of aliphatic hydroxyl groups excluding tert-OH is 1. The summed E-state index contributed by atoms with van der Waals surface area (Å²) in [5.74, 6) is -1.50. The highest BCUT2D eigenvalue weighted by atomic mass is 19.1. The number of hydrogen-bond donors (Lipinski definition) is 3. The summed E-state index contributed by atoms with van der Waals surface area (Å²) < 4.78 is 15.1. The Kier molecular flexibility index (Phi) is 17.7. The number of nitrogens with zero attached hydrogens (tertiary/aromatic N) is 3. The number of likely N-dealkylation sites (tertiary alicyclic amines) is 1. The molecule has 3 N–H and O–H groups in total. The van der Waals surface area contributed by atoms with Gasteiger partial charge in [0.1, 0.15) is 11.4 Å². The van der Waals surface area contributed by atoms with Crippen LogP contribution in [0.4, 0.5) is 4.39 Å². The summed E-state index contributed by atoms with van der Waals surface area (Å²) in [5, 5.41) is 20.8. The topological polar surface area (TPSA) is 142 Å². The first-order valence-corrected chi connectivity index (χ1v) is 19.6. The third-order valence-electron chi connectivity index (χ3n) is 9.95. The van der Waals surface area contributed by atoms with Gasteiger partial charge in [0.15, 0.2) is 0 Å². The summed E-state index contributed by atoms with van der Waals surface area (Å²) in [4.78, 5) is 57.3. The number of aliphatic hydroxyl groups is 1. The number of carbonyl (C=O) groups is 3. The number of hydrogen-bond acceptors (Lipinski definition) is 6. The van der Waals surface area contributed by atoms with Crippen LogP contribution in [-0.4, -0.2) is 68.7 Å². The van der Waals surface area contributed by atoms with Gasteiger partial charge < -0.3 is 25.0 Å². The quantitative estimate of drug-likeness (QED) is 0.0623. The van der Waals surface area contributed by atoms with E-state index in [0.717, 1.165) is 101 Å². The SMILES string of the molecule is O=C(O)CCCCCCC/C=C\CCCCCCCCc1c(C(=O)NCCO)c(=O)n(CCN2CCCC2=O)c2cc(Cc3ccc(F)cc3)cnc12. The van der Waals surface area contributed by atoms with Gasteiger partial charge in [-0.1, -0.05) is 69.2 Å². The molecule has 11 heteroatoms. The molecule has 288 valence electrons. The van der Waals surface area contributed by atoms with Crippen LogP contribution in [0.15, 0.2) is 53.5 Å². The first-order valence-electron chi connectivity index (χ1n) is 19.6. The fourth-order valence-electron chi connectivity index (χ4n) is 7.05. The second-order valence-corrected chi connectivity index (χ2v) is 14.1. The number of halogens is 1. The lowest BCUT2D eigenvalue weighted by Crippen LogP contribution is -2.38. The van der Waals surface area contributed by atoms with Crippen molar-refractivity contribution in [1.29, 1.82) is 0 Å². The number of amides is 2. The first kappa shape index (κ1) is 41.4. The number of benzene rings is 1. The summed E-state index contributed by atoms with van der Waals surface area (Å²) in [5.41, 5.74) is 3.16. The molecule has 0 unspecified atom stereocenters. The molecule has 0 aliphatic carbocycles. The molecular formula is C42H57FN4O6. The lowest BCUT2D eigenvalue weighted by atomic mass is 9.97. The Balaban J connectivity index is 1.39. The molecule has 1 fully saturated rings. The molecule has 2 aromatic heterocycles. The zero-order chi connectivity index (χ0) is 37.8. The standard InChI is InChI=1S/C42H57FN4O6/c43-34-22-20-32(21-23-34)29-33-30-36-40(45-31-33)35(17-14-12-10-8-6-4-2-1-3-5-7-9-11-13-15-19-38(50)51)39(41(52)44-24-28-48)42(53)47(36)27-26-46-25-16-18-37(46)49/h1,3,20-23,30-31,48H,2,4-19,24-29H2,(H,44,52)(H,50,51)/b3-1-. The Labute approximate surface area is 312 Å². The van der Waals surface area contributed by atoms with Crippen molar-refractivity contribution in [3.05, 3.63) is 87.1 Å². The van der Waals surface area contributed by atoms with Crippen LogP contribution in [0.5, 0.6) is 0 Å². The van der Waals surface area contributed by atoms with Crippen molar-refractivity contribution in [2.75, 3.05) is 26.2 Å². The van der Waals surface area contributed by atoms with Crippen LogP contribution in [0.25, 0.3) is 11.0 Å². The normalized spacial score (nSPS) is 13.1.